The molecule has 1 aromatic carbocycles. The van der Waals surface area contributed by atoms with Crippen molar-refractivity contribution >= 4 is 28.4 Å². The number of halogens is 3. The highest BCUT2D eigenvalue weighted by Gasteiger charge is 2.32. The average Bonchev–Trinajstić information content (AvgIpc) is 3.28. The molecule has 43 heavy (non-hydrogen) atoms. The number of nitrogens with zero attached hydrogens (tertiary/aromatic N) is 8. The molecule has 6 rings (SSSR count). The summed E-state index contributed by atoms with van der Waals surface area (Å²) in [5, 5.41) is 3.45. The van der Waals surface area contributed by atoms with Crippen LogP contribution in [0.2, 0.25) is 0 Å². The molecule has 5 aromatic rings. The molecule has 1 fully saturated rings. The third-order valence-corrected chi connectivity index (χ3v) is 7.22. The van der Waals surface area contributed by atoms with E-state index in [-0.39, 0.29) is 46.3 Å². The quantitative estimate of drug-likeness (QED) is 0.273. The van der Waals surface area contributed by atoms with Gasteiger partial charge in [0.15, 0.2) is 11.5 Å². The Kier molecular flexibility index (Phi) is 7.40. The molecule has 0 aliphatic carbocycles. The number of rotatable bonds is 7. The summed E-state index contributed by atoms with van der Waals surface area (Å²) in [6.07, 6.45) is -1.59. The monoisotopic (exact) mass is 587 g/mol. The summed E-state index contributed by atoms with van der Waals surface area (Å²) < 4.78 is 42.8. The number of allylic oxidation sites excluding steroid dienone is 1. The number of piperazine rings is 1. The Balaban J connectivity index is 1.36. The predicted molar refractivity (Wildman–Crippen MR) is 159 cm³/mol. The number of fused-ring (bicyclic) bond motifs is 1. The van der Waals surface area contributed by atoms with Crippen molar-refractivity contribution in [2.24, 2.45) is 0 Å². The summed E-state index contributed by atoms with van der Waals surface area (Å²) in [7, 11) is 2.12. The first-order valence-corrected chi connectivity index (χ1v) is 13.6. The maximum atomic E-state index is 13.3. The molecular formula is C30H28F3N9O. The number of pyridine rings is 2. The Hall–Kier alpha value is -5.04. The van der Waals surface area contributed by atoms with Crippen molar-refractivity contribution in [1.29, 1.82) is 0 Å². The lowest BCUT2D eigenvalue weighted by atomic mass is 10.2. The molecule has 0 atom stereocenters. The topological polar surface area (TPSA) is 97.0 Å². The highest BCUT2D eigenvalue weighted by molar-refractivity contribution is 5.77. The minimum atomic E-state index is -4.60. The van der Waals surface area contributed by atoms with Crippen LogP contribution in [0.5, 0.6) is 0 Å². The fraction of sp³-hybridized carbons (Fsp3) is 0.233. The van der Waals surface area contributed by atoms with E-state index >= 15 is 0 Å². The normalized spacial score (nSPS) is 14.3. The number of nitrogens with one attached hydrogen (secondary N) is 1. The van der Waals surface area contributed by atoms with Gasteiger partial charge in [-0.25, -0.2) is 24.3 Å². The molecule has 5 heterocycles. The second kappa shape index (κ2) is 11.3. The van der Waals surface area contributed by atoms with Gasteiger partial charge in [0.25, 0.3) is 5.56 Å². The van der Waals surface area contributed by atoms with Crippen LogP contribution in [0.3, 0.4) is 0 Å². The second-order valence-electron chi connectivity index (χ2n) is 10.2. The van der Waals surface area contributed by atoms with E-state index in [1.54, 1.807) is 24.3 Å². The van der Waals surface area contributed by atoms with Crippen LogP contribution in [0.4, 0.5) is 30.5 Å². The van der Waals surface area contributed by atoms with Crippen LogP contribution in [0.15, 0.2) is 84.3 Å². The molecule has 0 amide bonds. The summed E-state index contributed by atoms with van der Waals surface area (Å²) in [6.45, 7) is 7.83. The standard InChI is InChI=1S/C30H28F3N9O/c1-3-14-41-28(43)22-19-34-29(35-20-10-12-21(13-11-20)40-17-15-39(2)16-18-40)38-27(22)42(41)26-9-5-7-24(37-26)23-6-4-8-25(36-23)30(31,32)33/h3-13,19H,1,14-18H2,2H3,(H,34,35,38). The minimum absolute atomic E-state index is 0.0442. The van der Waals surface area contributed by atoms with E-state index in [9.17, 15) is 18.0 Å². The van der Waals surface area contributed by atoms with Gasteiger partial charge in [-0.05, 0) is 55.6 Å². The van der Waals surface area contributed by atoms with Crippen molar-refractivity contribution in [1.82, 2.24) is 34.2 Å². The van der Waals surface area contributed by atoms with Crippen molar-refractivity contribution in [2.45, 2.75) is 12.7 Å². The Morgan fingerprint density at radius 2 is 1.63 bits per heavy atom. The highest BCUT2D eigenvalue weighted by atomic mass is 19.4. The van der Waals surface area contributed by atoms with E-state index in [1.807, 2.05) is 24.3 Å². The van der Waals surface area contributed by atoms with Gasteiger partial charge in [-0.3, -0.25) is 4.79 Å². The SMILES string of the molecule is C=CCn1c(=O)c2cnc(Nc3ccc(N4CCN(C)CC4)cc3)nc2n1-c1cccc(-c2cccc(C(F)(F)F)n2)n1. The zero-order valence-electron chi connectivity index (χ0n) is 23.3. The van der Waals surface area contributed by atoms with Gasteiger partial charge in [0.2, 0.25) is 5.95 Å². The maximum Gasteiger partial charge on any atom is 0.433 e. The van der Waals surface area contributed by atoms with Crippen molar-refractivity contribution < 1.29 is 13.2 Å². The van der Waals surface area contributed by atoms with E-state index in [2.05, 4.69) is 48.7 Å². The van der Waals surface area contributed by atoms with Crippen molar-refractivity contribution in [3.8, 4) is 17.2 Å². The van der Waals surface area contributed by atoms with Gasteiger partial charge in [0.1, 0.15) is 11.1 Å². The molecule has 220 valence electrons. The third kappa shape index (κ3) is 5.71. The molecule has 1 aliphatic heterocycles. The molecule has 0 spiro atoms. The Bertz CT molecular complexity index is 1840. The molecule has 10 nitrogen and oxygen atoms in total. The smallest absolute Gasteiger partial charge is 0.369 e. The van der Waals surface area contributed by atoms with E-state index < -0.39 is 11.9 Å². The molecule has 13 heteroatoms. The Labute approximate surface area is 244 Å². The number of alkyl halides is 3. The lowest BCUT2D eigenvalue weighted by molar-refractivity contribution is -0.141. The van der Waals surface area contributed by atoms with Gasteiger partial charge in [-0.1, -0.05) is 18.2 Å². The molecule has 1 N–H and O–H groups in total. The molecule has 0 bridgehead atoms. The van der Waals surface area contributed by atoms with Gasteiger partial charge in [-0.15, -0.1) is 6.58 Å². The van der Waals surface area contributed by atoms with Crippen LogP contribution >= 0.6 is 0 Å². The molecule has 4 aromatic heterocycles. The first kappa shape index (κ1) is 28.1. The van der Waals surface area contributed by atoms with Gasteiger partial charge in [0, 0.05) is 43.8 Å². The van der Waals surface area contributed by atoms with Gasteiger partial charge in [-0.2, -0.15) is 18.2 Å². The Morgan fingerprint density at radius 1 is 0.930 bits per heavy atom. The van der Waals surface area contributed by atoms with Gasteiger partial charge < -0.3 is 15.1 Å². The zero-order chi connectivity index (χ0) is 30.1. The van der Waals surface area contributed by atoms with Crippen LogP contribution in [-0.2, 0) is 12.7 Å². The largest absolute Gasteiger partial charge is 0.433 e. The average molecular weight is 588 g/mol. The maximum absolute atomic E-state index is 13.3. The summed E-state index contributed by atoms with van der Waals surface area (Å²) in [5.74, 6) is 0.534. The fourth-order valence-corrected chi connectivity index (χ4v) is 4.98. The summed E-state index contributed by atoms with van der Waals surface area (Å²) in [6, 6.07) is 16.4. The number of aromatic nitrogens is 6. The molecular weight excluding hydrogens is 559 g/mol. The van der Waals surface area contributed by atoms with Crippen molar-refractivity contribution in [3.63, 3.8) is 0 Å². The number of benzene rings is 1. The van der Waals surface area contributed by atoms with Gasteiger partial charge in [0.05, 0.1) is 17.9 Å². The fourth-order valence-electron chi connectivity index (χ4n) is 4.98. The summed E-state index contributed by atoms with van der Waals surface area (Å²) >= 11 is 0. The van der Waals surface area contributed by atoms with Crippen molar-refractivity contribution in [3.05, 3.63) is 95.6 Å². The van der Waals surface area contributed by atoms with E-state index in [0.29, 0.717) is 0 Å². The summed E-state index contributed by atoms with van der Waals surface area (Å²) in [5.41, 5.74) is 1.05. The number of hydrogen-bond acceptors (Lipinski definition) is 8. The van der Waals surface area contributed by atoms with E-state index in [1.165, 1.54) is 27.7 Å². The molecule has 0 saturated carbocycles. The Morgan fingerprint density at radius 3 is 2.33 bits per heavy atom. The van der Waals surface area contributed by atoms with Crippen LogP contribution in [-0.4, -0.2) is 67.4 Å². The molecule has 1 saturated heterocycles. The first-order valence-electron chi connectivity index (χ1n) is 13.6. The number of likely N-dealkylation sites (N-methyl/N-ethyl adjacent to an activating group) is 1. The van der Waals surface area contributed by atoms with Crippen LogP contribution < -0.4 is 15.8 Å². The lowest BCUT2D eigenvalue weighted by Gasteiger charge is -2.34. The number of anilines is 3. The molecule has 1 aliphatic rings. The van der Waals surface area contributed by atoms with Crippen molar-refractivity contribution in [2.75, 3.05) is 43.4 Å². The van der Waals surface area contributed by atoms with Crippen LogP contribution in [0, 0.1) is 0 Å². The lowest BCUT2D eigenvalue weighted by Crippen LogP contribution is -2.44. The molecule has 0 unspecified atom stereocenters. The summed E-state index contributed by atoms with van der Waals surface area (Å²) in [4.78, 5) is 35.3. The van der Waals surface area contributed by atoms with E-state index in [4.69, 9.17) is 0 Å². The first-order chi connectivity index (χ1) is 20.7. The van der Waals surface area contributed by atoms with Crippen LogP contribution in [0.25, 0.3) is 28.2 Å². The third-order valence-electron chi connectivity index (χ3n) is 7.22. The minimum Gasteiger partial charge on any atom is -0.369 e. The van der Waals surface area contributed by atoms with Crippen LogP contribution in [0.1, 0.15) is 5.69 Å². The predicted octanol–water partition coefficient (Wildman–Crippen LogP) is 4.74. The number of hydrogen-bond donors (Lipinski definition) is 1. The van der Waals surface area contributed by atoms with E-state index in [0.717, 1.165) is 43.6 Å². The highest BCUT2D eigenvalue weighted by Crippen LogP contribution is 2.29. The van der Waals surface area contributed by atoms with Gasteiger partial charge >= 0.3 is 6.18 Å². The second-order valence-corrected chi connectivity index (χ2v) is 10.2. The zero-order valence-corrected chi connectivity index (χ0v) is 23.3. The molecule has 0 radical (unpaired) electrons.